The van der Waals surface area contributed by atoms with Gasteiger partial charge in [-0.1, -0.05) is 6.92 Å². The van der Waals surface area contributed by atoms with Gasteiger partial charge in [0.05, 0.1) is 25.2 Å². The Morgan fingerprint density at radius 2 is 1.46 bits per heavy atom. The quantitative estimate of drug-likeness (QED) is 0.723. The van der Waals surface area contributed by atoms with E-state index < -0.39 is 36.9 Å². The predicted octanol–water partition coefficient (Wildman–Crippen LogP) is 3.76. The fourth-order valence-electron chi connectivity index (χ4n) is 4.05. The monoisotopic (exact) mass is 354 g/mol. The molecule has 2 heterocycles. The van der Waals surface area contributed by atoms with Crippen LogP contribution in [0.2, 0.25) is 0 Å². The van der Waals surface area contributed by atoms with Crippen molar-refractivity contribution in [2.45, 2.75) is 63.8 Å². The minimum absolute atomic E-state index is 0.0968. The molecule has 0 amide bonds. The van der Waals surface area contributed by atoms with Crippen molar-refractivity contribution in [3.63, 3.8) is 0 Å². The molecule has 24 heavy (non-hydrogen) atoms. The molecule has 4 atom stereocenters. The predicted molar refractivity (Wildman–Crippen MR) is 79.3 cm³/mol. The zero-order chi connectivity index (χ0) is 17.3. The zero-order valence-corrected chi connectivity index (χ0v) is 13.9. The van der Waals surface area contributed by atoms with Crippen molar-refractivity contribution in [1.29, 1.82) is 0 Å². The molecule has 7 heteroatoms. The van der Waals surface area contributed by atoms with Gasteiger partial charge in [0, 0.05) is 18.4 Å². The van der Waals surface area contributed by atoms with E-state index in [1.54, 1.807) is 0 Å². The van der Waals surface area contributed by atoms with Gasteiger partial charge >= 0.3 is 0 Å². The highest BCUT2D eigenvalue weighted by Crippen LogP contribution is 2.40. The molecule has 0 N–H and O–H groups in total. The van der Waals surface area contributed by atoms with Crippen LogP contribution in [0.4, 0.5) is 17.6 Å². The second-order valence-corrected chi connectivity index (χ2v) is 7.52. The molecule has 3 aliphatic rings. The number of alkyl halides is 4. The van der Waals surface area contributed by atoms with Crippen LogP contribution in [0.3, 0.4) is 0 Å². The minimum atomic E-state index is -2.97. The van der Waals surface area contributed by atoms with E-state index in [1.807, 2.05) is 0 Å². The Balaban J connectivity index is 1.48. The Morgan fingerprint density at radius 3 is 1.96 bits per heavy atom. The number of rotatable bonds is 3. The van der Waals surface area contributed by atoms with Gasteiger partial charge in [-0.25, -0.2) is 17.6 Å². The summed E-state index contributed by atoms with van der Waals surface area (Å²) < 4.78 is 70.4. The maximum absolute atomic E-state index is 13.9. The first-order chi connectivity index (χ1) is 11.5. The summed E-state index contributed by atoms with van der Waals surface area (Å²) in [6, 6.07) is 0. The molecule has 2 saturated heterocycles. The van der Waals surface area contributed by atoms with Crippen LogP contribution in [0.25, 0.3) is 0 Å². The fraction of sp³-hybridized carbons (Fsp3) is 1.00. The summed E-state index contributed by atoms with van der Waals surface area (Å²) in [6.45, 7) is 3.73. The molecule has 0 aromatic rings. The van der Waals surface area contributed by atoms with Crippen LogP contribution in [0.15, 0.2) is 0 Å². The van der Waals surface area contributed by atoms with Gasteiger partial charge in [0.2, 0.25) is 6.43 Å². The van der Waals surface area contributed by atoms with Crippen LogP contribution in [0.5, 0.6) is 0 Å². The SMILES string of the molecule is CC1CCC(C2COC(C3CC(F)C(C(F)F)C(F)C3)OC2)OC1. The topological polar surface area (TPSA) is 27.7 Å². The average molecular weight is 354 g/mol. The van der Waals surface area contributed by atoms with E-state index >= 15 is 0 Å². The molecular formula is C17H26F4O3. The standard InChI is InChI=1S/C17H26F4O3/c1-9-2-3-14(22-6-9)11-7-23-17(24-8-11)10-4-12(18)15(16(20)21)13(19)5-10/h9-17H,2-8H2,1H3. The Hall–Kier alpha value is -0.400. The lowest BCUT2D eigenvalue weighted by atomic mass is 9.78. The van der Waals surface area contributed by atoms with Gasteiger partial charge in [0.25, 0.3) is 0 Å². The number of hydrogen-bond acceptors (Lipinski definition) is 3. The summed E-state index contributed by atoms with van der Waals surface area (Å²) >= 11 is 0. The van der Waals surface area contributed by atoms with E-state index in [0.29, 0.717) is 19.1 Å². The molecule has 3 rings (SSSR count). The first-order valence-corrected chi connectivity index (χ1v) is 8.86. The maximum Gasteiger partial charge on any atom is 0.247 e. The fourth-order valence-corrected chi connectivity index (χ4v) is 4.05. The van der Waals surface area contributed by atoms with Crippen LogP contribution in [-0.4, -0.2) is 51.0 Å². The highest BCUT2D eigenvalue weighted by atomic mass is 19.3. The van der Waals surface area contributed by atoms with E-state index in [2.05, 4.69) is 6.92 Å². The first-order valence-electron chi connectivity index (χ1n) is 8.86. The highest BCUT2D eigenvalue weighted by molar-refractivity contribution is 4.90. The average Bonchev–Trinajstić information content (AvgIpc) is 2.54. The molecule has 0 aromatic heterocycles. The van der Waals surface area contributed by atoms with Gasteiger partial charge in [0.1, 0.15) is 12.3 Å². The van der Waals surface area contributed by atoms with Crippen LogP contribution >= 0.6 is 0 Å². The van der Waals surface area contributed by atoms with Gasteiger partial charge in [-0.15, -0.1) is 0 Å². The van der Waals surface area contributed by atoms with Gasteiger partial charge in [-0.3, -0.25) is 0 Å². The Bertz CT molecular complexity index is 383. The maximum atomic E-state index is 13.9. The summed E-state index contributed by atoms with van der Waals surface area (Å²) in [6.07, 6.45) is -5.50. The van der Waals surface area contributed by atoms with Crippen molar-refractivity contribution in [2.24, 2.45) is 23.7 Å². The molecule has 3 nitrogen and oxygen atoms in total. The summed E-state index contributed by atoms with van der Waals surface area (Å²) in [4.78, 5) is 0. The van der Waals surface area contributed by atoms with Crippen LogP contribution in [0, 0.1) is 23.7 Å². The number of halogens is 4. The van der Waals surface area contributed by atoms with Gasteiger partial charge < -0.3 is 14.2 Å². The van der Waals surface area contributed by atoms with Crippen molar-refractivity contribution in [3.05, 3.63) is 0 Å². The third-order valence-electron chi connectivity index (χ3n) is 5.58. The summed E-state index contributed by atoms with van der Waals surface area (Å²) in [7, 11) is 0. The van der Waals surface area contributed by atoms with E-state index in [4.69, 9.17) is 14.2 Å². The van der Waals surface area contributed by atoms with Crippen molar-refractivity contribution < 1.29 is 31.8 Å². The molecule has 0 aromatic carbocycles. The lowest BCUT2D eigenvalue weighted by Crippen LogP contribution is -2.48. The largest absolute Gasteiger partial charge is 0.377 e. The van der Waals surface area contributed by atoms with Crippen LogP contribution in [-0.2, 0) is 14.2 Å². The van der Waals surface area contributed by atoms with Crippen LogP contribution in [0.1, 0.15) is 32.6 Å². The molecule has 140 valence electrons. The molecule has 4 unspecified atom stereocenters. The van der Waals surface area contributed by atoms with Crippen molar-refractivity contribution >= 4 is 0 Å². The normalized spacial score (nSPS) is 47.8. The lowest BCUT2D eigenvalue weighted by molar-refractivity contribution is -0.253. The minimum Gasteiger partial charge on any atom is -0.377 e. The van der Waals surface area contributed by atoms with E-state index in [1.165, 1.54) is 0 Å². The van der Waals surface area contributed by atoms with Gasteiger partial charge in [0.15, 0.2) is 6.29 Å². The molecular weight excluding hydrogens is 328 g/mol. The number of hydrogen-bond donors (Lipinski definition) is 0. The van der Waals surface area contributed by atoms with Crippen molar-refractivity contribution in [1.82, 2.24) is 0 Å². The molecule has 0 spiro atoms. The summed E-state index contributed by atoms with van der Waals surface area (Å²) in [5.74, 6) is -1.66. The van der Waals surface area contributed by atoms with Crippen LogP contribution < -0.4 is 0 Å². The second-order valence-electron chi connectivity index (χ2n) is 7.52. The van der Waals surface area contributed by atoms with E-state index in [0.717, 1.165) is 19.4 Å². The van der Waals surface area contributed by atoms with Gasteiger partial charge in [-0.2, -0.15) is 0 Å². The van der Waals surface area contributed by atoms with Crippen molar-refractivity contribution in [2.75, 3.05) is 19.8 Å². The van der Waals surface area contributed by atoms with Gasteiger partial charge in [-0.05, 0) is 31.6 Å². The molecule has 0 radical (unpaired) electrons. The highest BCUT2D eigenvalue weighted by Gasteiger charge is 2.47. The molecule has 3 fully saturated rings. The first kappa shape index (κ1) is 18.4. The summed E-state index contributed by atoms with van der Waals surface area (Å²) in [5.41, 5.74) is 0. The lowest BCUT2D eigenvalue weighted by Gasteiger charge is -2.42. The van der Waals surface area contributed by atoms with E-state index in [-0.39, 0.29) is 24.9 Å². The third kappa shape index (κ3) is 4.05. The number of ether oxygens (including phenoxy) is 3. The smallest absolute Gasteiger partial charge is 0.247 e. The van der Waals surface area contributed by atoms with E-state index in [9.17, 15) is 17.6 Å². The Kier molecular flexibility index (Phi) is 6.03. The molecule has 1 saturated carbocycles. The Morgan fingerprint density at radius 1 is 0.833 bits per heavy atom. The summed E-state index contributed by atoms with van der Waals surface area (Å²) in [5, 5.41) is 0. The second kappa shape index (κ2) is 7.87. The Labute approximate surface area is 140 Å². The van der Waals surface area contributed by atoms with Crippen molar-refractivity contribution in [3.8, 4) is 0 Å². The third-order valence-corrected chi connectivity index (χ3v) is 5.58. The zero-order valence-electron chi connectivity index (χ0n) is 13.9. The molecule has 0 bridgehead atoms. The molecule has 1 aliphatic carbocycles. The molecule has 2 aliphatic heterocycles.